The zero-order chi connectivity index (χ0) is 15.2. The average molecular weight is 330 g/mol. The molecule has 0 N–H and O–H groups in total. The zero-order valence-corrected chi connectivity index (χ0v) is 13.9. The third-order valence-corrected chi connectivity index (χ3v) is 6.46. The highest BCUT2D eigenvalue weighted by Crippen LogP contribution is 2.43. The van der Waals surface area contributed by atoms with Crippen LogP contribution in [0, 0.1) is 0 Å². The van der Waals surface area contributed by atoms with Crippen LogP contribution in [0.15, 0.2) is 54.6 Å². The standard InChI is InChI=1S/C18H18O2S2/c19-17(14-5-2-1-3-6-14)13-20-16-9-7-15(8-10-16)18-21-11-4-12-22-18/h1-3,5-10,18H,4,11-13H2. The zero-order valence-electron chi connectivity index (χ0n) is 12.2. The predicted octanol–water partition coefficient (Wildman–Crippen LogP) is 4.82. The summed E-state index contributed by atoms with van der Waals surface area (Å²) in [7, 11) is 0. The van der Waals surface area contributed by atoms with Crippen molar-refractivity contribution in [3.8, 4) is 5.75 Å². The number of carbonyl (C=O) groups is 1. The first kappa shape index (κ1) is 15.5. The lowest BCUT2D eigenvalue weighted by Crippen LogP contribution is -2.11. The lowest BCUT2D eigenvalue weighted by Gasteiger charge is -2.21. The molecule has 22 heavy (non-hydrogen) atoms. The van der Waals surface area contributed by atoms with Gasteiger partial charge in [0.2, 0.25) is 0 Å². The van der Waals surface area contributed by atoms with E-state index in [0.717, 1.165) is 5.75 Å². The summed E-state index contributed by atoms with van der Waals surface area (Å²) in [5.41, 5.74) is 2.02. The molecule has 0 unspecified atom stereocenters. The van der Waals surface area contributed by atoms with Crippen LogP contribution < -0.4 is 4.74 Å². The van der Waals surface area contributed by atoms with Gasteiger partial charge < -0.3 is 4.74 Å². The van der Waals surface area contributed by atoms with Crippen LogP contribution in [-0.4, -0.2) is 23.9 Å². The summed E-state index contributed by atoms with van der Waals surface area (Å²) in [5.74, 6) is 3.23. The Labute approximate surface area is 139 Å². The maximum absolute atomic E-state index is 12.0. The molecule has 0 aliphatic carbocycles. The van der Waals surface area contributed by atoms with Gasteiger partial charge in [-0.25, -0.2) is 0 Å². The van der Waals surface area contributed by atoms with Gasteiger partial charge in [-0.3, -0.25) is 4.79 Å². The van der Waals surface area contributed by atoms with Gasteiger partial charge in [-0.05, 0) is 35.6 Å². The number of hydrogen-bond acceptors (Lipinski definition) is 4. The second-order valence-corrected chi connectivity index (χ2v) is 7.80. The summed E-state index contributed by atoms with van der Waals surface area (Å²) in [6.45, 7) is 0.0797. The van der Waals surface area contributed by atoms with E-state index in [4.69, 9.17) is 4.74 Å². The molecule has 1 heterocycles. The van der Waals surface area contributed by atoms with Gasteiger partial charge >= 0.3 is 0 Å². The van der Waals surface area contributed by atoms with E-state index >= 15 is 0 Å². The quantitative estimate of drug-likeness (QED) is 0.734. The van der Waals surface area contributed by atoms with Crippen molar-refractivity contribution in [2.75, 3.05) is 18.1 Å². The van der Waals surface area contributed by atoms with Crippen LogP contribution in [0.25, 0.3) is 0 Å². The Kier molecular flexibility index (Phi) is 5.46. The van der Waals surface area contributed by atoms with E-state index in [1.807, 2.05) is 66.0 Å². The molecular weight excluding hydrogens is 312 g/mol. The highest BCUT2D eigenvalue weighted by atomic mass is 32.2. The van der Waals surface area contributed by atoms with Crippen LogP contribution in [0.4, 0.5) is 0 Å². The highest BCUT2D eigenvalue weighted by molar-refractivity contribution is 8.16. The number of hydrogen-bond donors (Lipinski definition) is 0. The van der Waals surface area contributed by atoms with Crippen LogP contribution >= 0.6 is 23.5 Å². The second kappa shape index (κ2) is 7.75. The molecule has 0 spiro atoms. The van der Waals surface area contributed by atoms with E-state index in [-0.39, 0.29) is 12.4 Å². The van der Waals surface area contributed by atoms with E-state index in [9.17, 15) is 4.79 Å². The Morgan fingerprint density at radius 1 is 1.00 bits per heavy atom. The van der Waals surface area contributed by atoms with E-state index in [0.29, 0.717) is 10.1 Å². The van der Waals surface area contributed by atoms with Crippen molar-refractivity contribution in [2.45, 2.75) is 11.0 Å². The lowest BCUT2D eigenvalue weighted by molar-refractivity contribution is 0.0921. The van der Waals surface area contributed by atoms with Crippen molar-refractivity contribution in [1.82, 2.24) is 0 Å². The van der Waals surface area contributed by atoms with E-state index in [2.05, 4.69) is 12.1 Å². The SMILES string of the molecule is O=C(COc1ccc(C2SCCCS2)cc1)c1ccccc1. The van der Waals surface area contributed by atoms with Gasteiger partial charge in [0.25, 0.3) is 0 Å². The molecule has 2 aromatic carbocycles. The van der Waals surface area contributed by atoms with Gasteiger partial charge in [-0.2, -0.15) is 0 Å². The van der Waals surface area contributed by atoms with Gasteiger partial charge in [0.1, 0.15) is 5.75 Å². The fraction of sp³-hybridized carbons (Fsp3) is 0.278. The number of thioether (sulfide) groups is 2. The molecule has 2 aromatic rings. The Hall–Kier alpha value is -1.39. The first-order chi connectivity index (χ1) is 10.8. The minimum absolute atomic E-state index is 0.00284. The molecule has 0 aromatic heterocycles. The third kappa shape index (κ3) is 4.08. The van der Waals surface area contributed by atoms with E-state index < -0.39 is 0 Å². The molecule has 0 saturated carbocycles. The first-order valence-electron chi connectivity index (χ1n) is 7.37. The maximum Gasteiger partial charge on any atom is 0.200 e. The summed E-state index contributed by atoms with van der Waals surface area (Å²) in [6.07, 6.45) is 1.30. The number of ketones is 1. The van der Waals surface area contributed by atoms with Crippen molar-refractivity contribution in [1.29, 1.82) is 0 Å². The molecule has 0 radical (unpaired) electrons. The number of Topliss-reactive ketones (excluding diaryl/α,β-unsaturated/α-hetero) is 1. The molecule has 1 fully saturated rings. The van der Waals surface area contributed by atoms with E-state index in [1.54, 1.807) is 0 Å². The first-order valence-corrected chi connectivity index (χ1v) is 9.47. The molecule has 3 rings (SSSR count). The topological polar surface area (TPSA) is 26.3 Å². The number of ether oxygens (including phenoxy) is 1. The van der Waals surface area contributed by atoms with Gasteiger partial charge in [-0.1, -0.05) is 42.5 Å². The van der Waals surface area contributed by atoms with Gasteiger partial charge in [0.15, 0.2) is 12.4 Å². The largest absolute Gasteiger partial charge is 0.485 e. The monoisotopic (exact) mass is 330 g/mol. The Morgan fingerprint density at radius 3 is 2.36 bits per heavy atom. The minimum Gasteiger partial charge on any atom is -0.485 e. The van der Waals surface area contributed by atoms with Gasteiger partial charge in [0.05, 0.1) is 4.58 Å². The van der Waals surface area contributed by atoms with Gasteiger partial charge in [0, 0.05) is 5.56 Å². The average Bonchev–Trinajstić information content (AvgIpc) is 2.61. The van der Waals surface area contributed by atoms with E-state index in [1.165, 1.54) is 23.5 Å². The molecule has 0 atom stereocenters. The fourth-order valence-corrected chi connectivity index (χ4v) is 5.15. The molecule has 1 saturated heterocycles. The molecule has 114 valence electrons. The van der Waals surface area contributed by atoms with Crippen LogP contribution in [-0.2, 0) is 0 Å². The minimum atomic E-state index is 0.00284. The van der Waals surface area contributed by atoms with Crippen LogP contribution in [0.3, 0.4) is 0 Å². The number of rotatable bonds is 5. The van der Waals surface area contributed by atoms with Crippen LogP contribution in [0.5, 0.6) is 5.75 Å². The third-order valence-electron chi connectivity index (χ3n) is 3.45. The second-order valence-electron chi connectivity index (χ2n) is 5.07. The van der Waals surface area contributed by atoms with Crippen molar-refractivity contribution >= 4 is 29.3 Å². The summed E-state index contributed by atoms with van der Waals surface area (Å²) in [4.78, 5) is 12.0. The predicted molar refractivity (Wildman–Crippen MR) is 95.0 cm³/mol. The molecule has 4 heteroatoms. The number of carbonyl (C=O) groups excluding carboxylic acids is 1. The smallest absolute Gasteiger partial charge is 0.200 e. The van der Waals surface area contributed by atoms with Crippen molar-refractivity contribution < 1.29 is 9.53 Å². The van der Waals surface area contributed by atoms with Crippen LogP contribution in [0.1, 0.15) is 26.9 Å². The normalized spacial score (nSPS) is 15.5. The molecule has 1 aliphatic rings. The molecule has 0 amide bonds. The Balaban J connectivity index is 1.56. The van der Waals surface area contributed by atoms with Crippen LogP contribution in [0.2, 0.25) is 0 Å². The summed E-state index contributed by atoms with van der Waals surface area (Å²) >= 11 is 4.01. The summed E-state index contributed by atoms with van der Waals surface area (Å²) in [5, 5.41) is 0. The maximum atomic E-state index is 12.0. The number of benzene rings is 2. The van der Waals surface area contributed by atoms with Crippen molar-refractivity contribution in [2.24, 2.45) is 0 Å². The van der Waals surface area contributed by atoms with Crippen molar-refractivity contribution in [3.63, 3.8) is 0 Å². The summed E-state index contributed by atoms with van der Waals surface area (Å²) < 4.78 is 6.14. The highest BCUT2D eigenvalue weighted by Gasteiger charge is 2.16. The molecule has 2 nitrogen and oxygen atoms in total. The molecule has 1 aliphatic heterocycles. The Morgan fingerprint density at radius 2 is 1.68 bits per heavy atom. The lowest BCUT2D eigenvalue weighted by atomic mass is 10.1. The Bertz CT molecular complexity index is 605. The van der Waals surface area contributed by atoms with Gasteiger partial charge in [-0.15, -0.1) is 23.5 Å². The summed E-state index contributed by atoms with van der Waals surface area (Å²) in [6, 6.07) is 17.4. The molecule has 0 bridgehead atoms. The van der Waals surface area contributed by atoms with Crippen molar-refractivity contribution in [3.05, 3.63) is 65.7 Å². The fourth-order valence-electron chi connectivity index (χ4n) is 2.26. The molecular formula is C18H18O2S2.